The molecular formula is C33H38N4O4S. The lowest BCUT2D eigenvalue weighted by Gasteiger charge is -2.38. The molecule has 0 saturated heterocycles. The number of carbonyl (C=O) groups is 2. The first-order chi connectivity index (χ1) is 20.1. The maximum absolute atomic E-state index is 13.6. The number of amides is 2. The zero-order valence-corrected chi connectivity index (χ0v) is 25.5. The highest BCUT2D eigenvalue weighted by molar-refractivity contribution is 7.09. The summed E-state index contributed by atoms with van der Waals surface area (Å²) in [5.74, 6) is 0.180. The van der Waals surface area contributed by atoms with Crippen LogP contribution in [0.5, 0.6) is 5.75 Å². The Balaban J connectivity index is 1.51. The van der Waals surface area contributed by atoms with Crippen LogP contribution in [0.4, 0.5) is 0 Å². The Morgan fingerprint density at radius 1 is 1.00 bits per heavy atom. The van der Waals surface area contributed by atoms with E-state index in [-0.39, 0.29) is 11.8 Å². The Morgan fingerprint density at radius 2 is 1.71 bits per heavy atom. The quantitative estimate of drug-likeness (QED) is 0.246. The number of hydrogen-bond donors (Lipinski definition) is 2. The number of ether oxygens (including phenoxy) is 1. The molecule has 1 aromatic heterocycles. The number of nitrogens with one attached hydrogen (secondary N) is 1. The van der Waals surface area contributed by atoms with Crippen LogP contribution in [0, 0.1) is 6.92 Å². The third-order valence-electron chi connectivity index (χ3n) is 7.24. The van der Waals surface area contributed by atoms with Crippen LogP contribution in [0.15, 0.2) is 84.2 Å². The molecule has 2 N–H and O–H groups in total. The Kier molecular flexibility index (Phi) is 10.1. The molecule has 2 atom stereocenters. The molecule has 4 rings (SSSR count). The number of nitrogens with zero attached hydrogens (tertiary/aromatic N) is 3. The van der Waals surface area contributed by atoms with Crippen molar-refractivity contribution >= 4 is 23.2 Å². The van der Waals surface area contributed by atoms with Crippen molar-refractivity contribution < 1.29 is 19.4 Å². The van der Waals surface area contributed by atoms with Crippen molar-refractivity contribution in [2.75, 3.05) is 27.7 Å². The second-order valence-electron chi connectivity index (χ2n) is 10.7. The average molecular weight is 587 g/mol. The van der Waals surface area contributed by atoms with E-state index in [0.29, 0.717) is 30.8 Å². The van der Waals surface area contributed by atoms with Crippen LogP contribution >= 0.6 is 11.3 Å². The standard InChI is InChI=1S/C33H38N4O4S/c1-23-22-42-30(34-23)21-37(4)32(40)26-13-10-12-25(18-26)31(39)35-33(2,27-14-7-6-8-15-27)29(38)20-36(3)19-24-11-9-16-28(17-24)41-5/h6-18,22,29,38H,19-21H2,1-5H3,(H,35,39)/t29-,33+/m1/s1. The van der Waals surface area contributed by atoms with E-state index in [9.17, 15) is 14.7 Å². The van der Waals surface area contributed by atoms with Crippen molar-refractivity contribution in [1.82, 2.24) is 20.1 Å². The molecule has 4 aromatic rings. The molecule has 0 bridgehead atoms. The first kappa shape index (κ1) is 30.9. The van der Waals surface area contributed by atoms with Gasteiger partial charge in [-0.05, 0) is 62.4 Å². The van der Waals surface area contributed by atoms with Crippen LogP contribution in [-0.2, 0) is 18.6 Å². The average Bonchev–Trinajstić information content (AvgIpc) is 3.41. The Hall–Kier alpha value is -4.05. The molecule has 0 aliphatic heterocycles. The summed E-state index contributed by atoms with van der Waals surface area (Å²) in [5.41, 5.74) is 2.36. The van der Waals surface area contributed by atoms with Crippen LogP contribution in [0.2, 0.25) is 0 Å². The van der Waals surface area contributed by atoms with E-state index in [1.54, 1.807) is 43.3 Å². The molecule has 220 valence electrons. The van der Waals surface area contributed by atoms with Gasteiger partial charge in [0, 0.05) is 42.3 Å². The molecule has 0 aliphatic rings. The topological polar surface area (TPSA) is 95.0 Å². The summed E-state index contributed by atoms with van der Waals surface area (Å²) in [5, 5.41) is 17.5. The van der Waals surface area contributed by atoms with Crippen molar-refractivity contribution in [3.63, 3.8) is 0 Å². The summed E-state index contributed by atoms with van der Waals surface area (Å²) in [6.45, 7) is 5.01. The smallest absolute Gasteiger partial charge is 0.253 e. The van der Waals surface area contributed by atoms with Gasteiger partial charge in [-0.3, -0.25) is 14.5 Å². The Labute approximate surface area is 251 Å². The third kappa shape index (κ3) is 7.61. The molecule has 0 saturated carbocycles. The highest BCUT2D eigenvalue weighted by Crippen LogP contribution is 2.27. The van der Waals surface area contributed by atoms with Gasteiger partial charge >= 0.3 is 0 Å². The third-order valence-corrected chi connectivity index (χ3v) is 8.19. The SMILES string of the molecule is COc1cccc(CN(C)C[C@@H](O)[C@@](C)(NC(=O)c2cccc(C(=O)N(C)Cc3nc(C)cs3)c2)c2ccccc2)c1. The van der Waals surface area contributed by atoms with Gasteiger partial charge in [0.15, 0.2) is 0 Å². The highest BCUT2D eigenvalue weighted by atomic mass is 32.1. The number of methoxy groups -OCH3 is 1. The minimum absolute atomic E-state index is 0.206. The van der Waals surface area contributed by atoms with Gasteiger partial charge in [-0.1, -0.05) is 48.5 Å². The van der Waals surface area contributed by atoms with E-state index in [0.717, 1.165) is 27.6 Å². The minimum atomic E-state index is -1.11. The summed E-state index contributed by atoms with van der Waals surface area (Å²) in [6, 6.07) is 23.9. The molecule has 0 aliphatic carbocycles. The highest BCUT2D eigenvalue weighted by Gasteiger charge is 2.37. The van der Waals surface area contributed by atoms with Crippen molar-refractivity contribution in [1.29, 1.82) is 0 Å². The minimum Gasteiger partial charge on any atom is -0.497 e. The number of carbonyl (C=O) groups excluding carboxylic acids is 2. The number of aromatic nitrogens is 1. The fourth-order valence-corrected chi connectivity index (χ4v) is 5.65. The molecule has 0 unspecified atom stereocenters. The predicted molar refractivity (Wildman–Crippen MR) is 166 cm³/mol. The largest absolute Gasteiger partial charge is 0.497 e. The van der Waals surface area contributed by atoms with Crippen molar-refractivity contribution in [3.8, 4) is 5.75 Å². The van der Waals surface area contributed by atoms with Gasteiger partial charge in [-0.15, -0.1) is 11.3 Å². The van der Waals surface area contributed by atoms with E-state index in [4.69, 9.17) is 4.74 Å². The number of aliphatic hydroxyl groups is 1. The second kappa shape index (κ2) is 13.7. The second-order valence-corrected chi connectivity index (χ2v) is 11.7. The lowest BCUT2D eigenvalue weighted by atomic mass is 9.85. The molecule has 1 heterocycles. The van der Waals surface area contributed by atoms with Gasteiger partial charge in [0.1, 0.15) is 10.8 Å². The number of rotatable bonds is 12. The van der Waals surface area contributed by atoms with E-state index >= 15 is 0 Å². The van der Waals surface area contributed by atoms with Crippen molar-refractivity contribution in [2.45, 2.75) is 38.6 Å². The number of likely N-dealkylation sites (N-methyl/N-ethyl adjacent to an activating group) is 1. The molecular weight excluding hydrogens is 548 g/mol. The molecule has 9 heteroatoms. The van der Waals surface area contributed by atoms with Gasteiger partial charge in [0.2, 0.25) is 0 Å². The lowest BCUT2D eigenvalue weighted by Crippen LogP contribution is -2.55. The predicted octanol–water partition coefficient (Wildman–Crippen LogP) is 4.87. The van der Waals surface area contributed by atoms with E-state index < -0.39 is 11.6 Å². The van der Waals surface area contributed by atoms with Gasteiger partial charge < -0.3 is 20.1 Å². The monoisotopic (exact) mass is 586 g/mol. The Bertz CT molecular complexity index is 1510. The fourth-order valence-electron chi connectivity index (χ4n) is 4.83. The van der Waals surface area contributed by atoms with Gasteiger partial charge in [0.25, 0.3) is 11.8 Å². The van der Waals surface area contributed by atoms with Crippen molar-refractivity contribution in [2.24, 2.45) is 0 Å². The van der Waals surface area contributed by atoms with E-state index in [1.165, 1.54) is 11.3 Å². The molecule has 42 heavy (non-hydrogen) atoms. The van der Waals surface area contributed by atoms with Crippen LogP contribution in [0.1, 0.15) is 49.5 Å². The summed E-state index contributed by atoms with van der Waals surface area (Å²) in [4.78, 5) is 34.8. The van der Waals surface area contributed by atoms with Crippen LogP contribution in [-0.4, -0.2) is 65.6 Å². The molecule has 0 radical (unpaired) electrons. The van der Waals surface area contributed by atoms with Gasteiger partial charge in [-0.2, -0.15) is 0 Å². The molecule has 3 aromatic carbocycles. The molecule has 2 amide bonds. The summed E-state index contributed by atoms with van der Waals surface area (Å²) >= 11 is 1.51. The van der Waals surface area contributed by atoms with Crippen LogP contribution in [0.25, 0.3) is 0 Å². The van der Waals surface area contributed by atoms with E-state index in [1.807, 2.05) is 85.8 Å². The maximum Gasteiger partial charge on any atom is 0.253 e. The number of hydrogen-bond acceptors (Lipinski definition) is 7. The summed E-state index contributed by atoms with van der Waals surface area (Å²) in [7, 11) is 5.28. The molecule has 0 fully saturated rings. The first-order valence-electron chi connectivity index (χ1n) is 13.7. The zero-order valence-electron chi connectivity index (χ0n) is 24.7. The summed E-state index contributed by atoms with van der Waals surface area (Å²) in [6.07, 6.45) is -0.947. The van der Waals surface area contributed by atoms with Crippen molar-refractivity contribution in [3.05, 3.63) is 117 Å². The van der Waals surface area contributed by atoms with Gasteiger partial charge in [-0.25, -0.2) is 4.98 Å². The number of aryl methyl sites for hydroxylation is 1. The van der Waals surface area contributed by atoms with Crippen LogP contribution in [0.3, 0.4) is 0 Å². The lowest BCUT2D eigenvalue weighted by molar-refractivity contribution is 0.0349. The molecule has 0 spiro atoms. The number of aliphatic hydroxyl groups excluding tert-OH is 1. The first-order valence-corrected chi connectivity index (χ1v) is 14.6. The molecule has 8 nitrogen and oxygen atoms in total. The van der Waals surface area contributed by atoms with Gasteiger partial charge in [0.05, 0.1) is 25.3 Å². The Morgan fingerprint density at radius 3 is 2.40 bits per heavy atom. The normalized spacial score (nSPS) is 13.3. The number of thiazole rings is 1. The summed E-state index contributed by atoms with van der Waals surface area (Å²) < 4.78 is 5.34. The zero-order chi connectivity index (χ0) is 30.3. The van der Waals surface area contributed by atoms with E-state index in [2.05, 4.69) is 10.3 Å². The maximum atomic E-state index is 13.6. The fraction of sp³-hybridized carbons (Fsp3) is 0.303. The number of benzene rings is 3. The van der Waals surface area contributed by atoms with Crippen LogP contribution < -0.4 is 10.1 Å².